The van der Waals surface area contributed by atoms with E-state index < -0.39 is 0 Å². The van der Waals surface area contributed by atoms with Crippen molar-refractivity contribution in [1.29, 1.82) is 0 Å². The molecule has 0 spiro atoms. The molecular weight excluding hydrogens is 712 g/mol. The molecular formula is C30H10Br4O2. The third-order valence-corrected chi connectivity index (χ3v) is 11.3. The van der Waals surface area contributed by atoms with Crippen LogP contribution in [0, 0.1) is 0 Å². The number of halogens is 4. The lowest BCUT2D eigenvalue weighted by Gasteiger charge is -2.19. The summed E-state index contributed by atoms with van der Waals surface area (Å²) in [6, 6.07) is 20.1. The van der Waals surface area contributed by atoms with E-state index in [0.717, 1.165) is 71.8 Å². The van der Waals surface area contributed by atoms with Crippen molar-refractivity contribution in [2.24, 2.45) is 0 Å². The van der Waals surface area contributed by atoms with Gasteiger partial charge < -0.3 is 0 Å². The minimum absolute atomic E-state index is 0.00206. The average Bonchev–Trinajstić information content (AvgIpc) is 2.88. The topological polar surface area (TPSA) is 34.1 Å². The molecule has 170 valence electrons. The summed E-state index contributed by atoms with van der Waals surface area (Å²) >= 11 is 14.6. The van der Waals surface area contributed by atoms with Crippen LogP contribution in [0.3, 0.4) is 0 Å². The van der Waals surface area contributed by atoms with E-state index in [2.05, 4.69) is 75.9 Å². The maximum atomic E-state index is 13.8. The number of fused-ring (bicyclic) bond motifs is 4. The lowest BCUT2D eigenvalue weighted by atomic mass is 9.84. The van der Waals surface area contributed by atoms with Gasteiger partial charge in [-0.25, -0.2) is 0 Å². The molecule has 0 atom stereocenters. The summed E-state index contributed by atoms with van der Waals surface area (Å²) in [4.78, 5) is 27.4. The Morgan fingerprint density at radius 2 is 1.00 bits per heavy atom. The number of hydrogen-bond acceptors (Lipinski definition) is 2. The summed E-state index contributed by atoms with van der Waals surface area (Å²) in [7, 11) is 0. The Morgan fingerprint density at radius 3 is 1.69 bits per heavy atom. The predicted octanol–water partition coefficient (Wildman–Crippen LogP) is 9.84. The fraction of sp³-hybridized carbons (Fsp3) is 0. The zero-order valence-electron chi connectivity index (χ0n) is 18.1. The molecule has 8 aromatic carbocycles. The average molecular weight is 722 g/mol. The van der Waals surface area contributed by atoms with E-state index in [9.17, 15) is 9.59 Å². The first kappa shape index (κ1) is 21.7. The fourth-order valence-electron chi connectivity index (χ4n) is 6.08. The molecule has 0 aromatic heterocycles. The van der Waals surface area contributed by atoms with Crippen LogP contribution in [0.25, 0.3) is 75.4 Å². The van der Waals surface area contributed by atoms with E-state index in [1.807, 2.05) is 48.5 Å². The minimum atomic E-state index is 0.00206. The Hall–Kier alpha value is -2.38. The van der Waals surface area contributed by atoms with Gasteiger partial charge in [0.05, 0.1) is 0 Å². The first-order chi connectivity index (χ1) is 17.3. The molecule has 0 aliphatic heterocycles. The van der Waals surface area contributed by atoms with Gasteiger partial charge in [0.15, 0.2) is 10.9 Å². The quantitative estimate of drug-likeness (QED) is 0.0888. The van der Waals surface area contributed by atoms with Gasteiger partial charge in [-0.3, -0.25) is 9.59 Å². The second-order valence-electron chi connectivity index (χ2n) is 9.28. The van der Waals surface area contributed by atoms with E-state index in [1.165, 1.54) is 0 Å². The van der Waals surface area contributed by atoms with E-state index in [4.69, 9.17) is 0 Å². The van der Waals surface area contributed by atoms with Crippen molar-refractivity contribution < 1.29 is 0 Å². The molecule has 0 bridgehead atoms. The third kappa shape index (κ3) is 2.51. The molecule has 0 unspecified atom stereocenters. The number of hydrogen-bond donors (Lipinski definition) is 0. The minimum Gasteiger partial charge on any atom is -0.289 e. The molecule has 0 heterocycles. The van der Waals surface area contributed by atoms with Crippen molar-refractivity contribution >= 4 is 139 Å². The van der Waals surface area contributed by atoms with Crippen molar-refractivity contribution in [1.82, 2.24) is 0 Å². The summed E-state index contributed by atoms with van der Waals surface area (Å²) in [6.07, 6.45) is 0. The highest BCUT2D eigenvalue weighted by Crippen LogP contribution is 2.47. The zero-order chi connectivity index (χ0) is 24.6. The standard InChI is InChI=1S/C30H10Br4O2/c31-13-3-6-14-17(9-13)18-7-11-1-5-16-25-19(26-20(30(16)36)10-21(32)27(33)28(26)34)8-12-2-4-15(29(14)35)24(18)22(12)23(11)25/h1-10H. The molecule has 8 rings (SSSR count). The molecule has 0 aliphatic carbocycles. The first-order valence-electron chi connectivity index (χ1n) is 11.2. The van der Waals surface area contributed by atoms with Crippen LogP contribution < -0.4 is 10.9 Å². The Labute approximate surface area is 236 Å². The smallest absolute Gasteiger partial charge is 0.194 e. The zero-order valence-corrected chi connectivity index (χ0v) is 24.4. The molecule has 0 N–H and O–H groups in total. The van der Waals surface area contributed by atoms with Crippen LogP contribution in [0.5, 0.6) is 0 Å². The summed E-state index contributed by atoms with van der Waals surface area (Å²) in [5.41, 5.74) is 0.0376. The Morgan fingerprint density at radius 1 is 0.417 bits per heavy atom. The van der Waals surface area contributed by atoms with Crippen LogP contribution in [0.1, 0.15) is 0 Å². The van der Waals surface area contributed by atoms with Gasteiger partial charge in [0.2, 0.25) is 0 Å². The van der Waals surface area contributed by atoms with Gasteiger partial charge in [-0.15, -0.1) is 0 Å². The van der Waals surface area contributed by atoms with E-state index in [1.54, 1.807) is 0 Å². The molecule has 0 aliphatic rings. The molecule has 0 saturated carbocycles. The molecule has 0 radical (unpaired) electrons. The second kappa shape index (κ2) is 7.13. The molecule has 0 amide bonds. The van der Waals surface area contributed by atoms with Gasteiger partial charge in [0.25, 0.3) is 0 Å². The SMILES string of the molecule is O=c1c2ccc(Br)cc2c2cc3ccc4c(=O)c5cc(Br)c(Br)c(Br)c5c5cc6ccc1c2c6c3c45. The van der Waals surface area contributed by atoms with Crippen LogP contribution in [0.15, 0.2) is 88.1 Å². The predicted molar refractivity (Wildman–Crippen MR) is 166 cm³/mol. The summed E-state index contributed by atoms with van der Waals surface area (Å²) in [6.45, 7) is 0. The number of benzene rings is 8. The second-order valence-corrected chi connectivity index (χ2v) is 12.6. The molecule has 0 fully saturated rings. The highest BCUT2D eigenvalue weighted by atomic mass is 79.9. The highest BCUT2D eigenvalue weighted by Gasteiger charge is 2.23. The van der Waals surface area contributed by atoms with Crippen molar-refractivity contribution in [3.8, 4) is 0 Å². The van der Waals surface area contributed by atoms with Gasteiger partial charge >= 0.3 is 0 Å². The van der Waals surface area contributed by atoms with Crippen molar-refractivity contribution in [3.05, 3.63) is 99.0 Å². The van der Waals surface area contributed by atoms with Crippen molar-refractivity contribution in [2.45, 2.75) is 0 Å². The van der Waals surface area contributed by atoms with Crippen LogP contribution >= 0.6 is 63.7 Å². The highest BCUT2D eigenvalue weighted by molar-refractivity contribution is 9.14. The number of rotatable bonds is 0. The summed E-state index contributed by atoms with van der Waals surface area (Å²) < 4.78 is 3.47. The maximum Gasteiger partial charge on any atom is 0.194 e. The Bertz CT molecular complexity index is 2400. The van der Waals surface area contributed by atoms with Crippen LogP contribution in [0.4, 0.5) is 0 Å². The van der Waals surface area contributed by atoms with E-state index in [-0.39, 0.29) is 10.9 Å². The van der Waals surface area contributed by atoms with Crippen LogP contribution in [-0.2, 0) is 0 Å². The Kier molecular flexibility index (Phi) is 4.30. The normalized spacial score (nSPS) is 12.7. The fourth-order valence-corrected chi connectivity index (χ4v) is 8.09. The third-order valence-electron chi connectivity index (χ3n) is 7.55. The first-order valence-corrected chi connectivity index (χ1v) is 14.4. The van der Waals surface area contributed by atoms with Crippen molar-refractivity contribution in [2.75, 3.05) is 0 Å². The van der Waals surface area contributed by atoms with E-state index in [0.29, 0.717) is 21.5 Å². The van der Waals surface area contributed by atoms with Crippen LogP contribution in [-0.4, -0.2) is 0 Å². The van der Waals surface area contributed by atoms with Gasteiger partial charge in [-0.05, 0) is 134 Å². The maximum absolute atomic E-state index is 13.8. The summed E-state index contributed by atoms with van der Waals surface area (Å²) in [5, 5.41) is 12.8. The molecule has 8 aromatic rings. The lowest BCUT2D eigenvalue weighted by Crippen LogP contribution is -2.06. The van der Waals surface area contributed by atoms with Gasteiger partial charge in [-0.2, -0.15) is 0 Å². The van der Waals surface area contributed by atoms with Crippen molar-refractivity contribution in [3.63, 3.8) is 0 Å². The molecule has 2 nitrogen and oxygen atoms in total. The van der Waals surface area contributed by atoms with Crippen LogP contribution in [0.2, 0.25) is 0 Å². The molecule has 0 saturated heterocycles. The van der Waals surface area contributed by atoms with Gasteiger partial charge in [-0.1, -0.05) is 28.1 Å². The monoisotopic (exact) mass is 718 g/mol. The van der Waals surface area contributed by atoms with Gasteiger partial charge in [0.1, 0.15) is 0 Å². The largest absolute Gasteiger partial charge is 0.289 e. The van der Waals surface area contributed by atoms with E-state index >= 15 is 0 Å². The summed E-state index contributed by atoms with van der Waals surface area (Å²) in [5.74, 6) is 0. The Balaban J connectivity index is 1.77. The molecule has 36 heavy (non-hydrogen) atoms. The van der Waals surface area contributed by atoms with Gasteiger partial charge in [0, 0.05) is 55.6 Å². The lowest BCUT2D eigenvalue weighted by molar-refractivity contribution is 1.60. The molecule has 6 heteroatoms.